The van der Waals surface area contributed by atoms with Crippen molar-refractivity contribution < 1.29 is 23.6 Å². The number of nitrogens with zero attached hydrogens (tertiary/aromatic N) is 1. The molecule has 0 unspecified atom stereocenters. The van der Waals surface area contributed by atoms with E-state index in [1.54, 1.807) is 24.3 Å². The Balaban J connectivity index is 2.01. The smallest absolute Gasteiger partial charge is 0.411 e. The second-order valence-corrected chi connectivity index (χ2v) is 5.06. The molecule has 0 saturated heterocycles. The second-order valence-electron chi connectivity index (χ2n) is 5.06. The molecule has 0 atom stereocenters. The van der Waals surface area contributed by atoms with E-state index in [4.69, 9.17) is 4.84 Å². The first-order chi connectivity index (χ1) is 12.0. The SMILES string of the molecule is COC(=O)Nc1ccccc1CON=C(C)C(=O)c1ccc(F)cc1. The number of amides is 1. The molecule has 0 aliphatic heterocycles. The summed E-state index contributed by atoms with van der Waals surface area (Å²) < 4.78 is 17.4. The van der Waals surface area contributed by atoms with Crippen molar-refractivity contribution in [3.05, 3.63) is 65.5 Å². The molecule has 2 rings (SSSR count). The highest BCUT2D eigenvalue weighted by molar-refractivity contribution is 6.45. The van der Waals surface area contributed by atoms with Gasteiger partial charge in [-0.3, -0.25) is 10.1 Å². The summed E-state index contributed by atoms with van der Waals surface area (Å²) in [6.45, 7) is 1.55. The number of para-hydroxylation sites is 1. The van der Waals surface area contributed by atoms with Crippen LogP contribution in [0.3, 0.4) is 0 Å². The van der Waals surface area contributed by atoms with Crippen LogP contribution in [0.15, 0.2) is 53.7 Å². The molecule has 0 spiro atoms. The molecule has 25 heavy (non-hydrogen) atoms. The number of ketones is 1. The van der Waals surface area contributed by atoms with Crippen LogP contribution < -0.4 is 5.32 Å². The van der Waals surface area contributed by atoms with Crippen LogP contribution in [-0.2, 0) is 16.2 Å². The highest BCUT2D eigenvalue weighted by Gasteiger charge is 2.11. The molecule has 0 aliphatic carbocycles. The van der Waals surface area contributed by atoms with Gasteiger partial charge in [-0.2, -0.15) is 0 Å². The van der Waals surface area contributed by atoms with Gasteiger partial charge in [0.1, 0.15) is 18.1 Å². The molecule has 1 amide bonds. The molecule has 7 heteroatoms. The van der Waals surface area contributed by atoms with Crippen molar-refractivity contribution in [3.63, 3.8) is 0 Å². The van der Waals surface area contributed by atoms with Gasteiger partial charge in [-0.1, -0.05) is 23.4 Å². The summed E-state index contributed by atoms with van der Waals surface area (Å²) >= 11 is 0. The lowest BCUT2D eigenvalue weighted by molar-refractivity contribution is 0.103. The zero-order valence-electron chi connectivity index (χ0n) is 13.8. The number of anilines is 1. The zero-order chi connectivity index (χ0) is 18.2. The maximum Gasteiger partial charge on any atom is 0.411 e. The minimum Gasteiger partial charge on any atom is -0.453 e. The first kappa shape index (κ1) is 18.1. The molecule has 0 aliphatic rings. The summed E-state index contributed by atoms with van der Waals surface area (Å²) in [5.41, 5.74) is 1.63. The fourth-order valence-electron chi connectivity index (χ4n) is 1.98. The Hall–Kier alpha value is -3.22. The Morgan fingerprint density at radius 1 is 1.12 bits per heavy atom. The third-order valence-corrected chi connectivity index (χ3v) is 3.30. The third-order valence-electron chi connectivity index (χ3n) is 3.30. The van der Waals surface area contributed by atoms with E-state index in [0.717, 1.165) is 0 Å². The largest absolute Gasteiger partial charge is 0.453 e. The summed E-state index contributed by atoms with van der Waals surface area (Å²) in [5.74, 6) is -0.780. The molecule has 0 heterocycles. The number of carbonyl (C=O) groups excluding carboxylic acids is 2. The first-order valence-electron chi connectivity index (χ1n) is 7.41. The Labute approximate surface area is 144 Å². The van der Waals surface area contributed by atoms with E-state index in [2.05, 4.69) is 15.2 Å². The quantitative estimate of drug-likeness (QED) is 0.491. The van der Waals surface area contributed by atoms with Gasteiger partial charge < -0.3 is 9.57 Å². The predicted molar refractivity (Wildman–Crippen MR) is 91.1 cm³/mol. The number of carbonyl (C=O) groups is 2. The summed E-state index contributed by atoms with van der Waals surface area (Å²) in [4.78, 5) is 28.7. The van der Waals surface area contributed by atoms with Gasteiger partial charge in [-0.15, -0.1) is 0 Å². The normalized spacial score (nSPS) is 10.9. The molecule has 0 saturated carbocycles. The third kappa shape index (κ3) is 5.13. The molecule has 130 valence electrons. The number of hydrogen-bond donors (Lipinski definition) is 1. The Bertz CT molecular complexity index is 788. The lowest BCUT2D eigenvalue weighted by atomic mass is 10.1. The number of nitrogens with one attached hydrogen (secondary N) is 1. The minimum atomic E-state index is -0.599. The average molecular weight is 344 g/mol. The standard InChI is InChI=1S/C18H17FN2O4/c1-12(17(22)13-7-9-15(19)10-8-13)21-25-11-14-5-3-4-6-16(14)20-18(23)24-2/h3-10H,11H2,1-2H3,(H,20,23). The number of hydrogen-bond acceptors (Lipinski definition) is 5. The van der Waals surface area contributed by atoms with Crippen molar-refractivity contribution in [1.82, 2.24) is 0 Å². The van der Waals surface area contributed by atoms with Gasteiger partial charge in [-0.05, 0) is 37.3 Å². The summed E-state index contributed by atoms with van der Waals surface area (Å²) in [6, 6.07) is 12.1. The van der Waals surface area contributed by atoms with Crippen molar-refractivity contribution in [2.24, 2.45) is 5.16 Å². The van der Waals surface area contributed by atoms with Crippen LogP contribution in [0, 0.1) is 5.82 Å². The first-order valence-corrected chi connectivity index (χ1v) is 7.41. The molecule has 1 N–H and O–H groups in total. The van der Waals surface area contributed by atoms with E-state index in [-0.39, 0.29) is 18.1 Å². The molecule has 2 aromatic carbocycles. The lowest BCUT2D eigenvalue weighted by Gasteiger charge is -2.09. The van der Waals surface area contributed by atoms with Gasteiger partial charge in [-0.25, -0.2) is 9.18 Å². The van der Waals surface area contributed by atoms with E-state index in [0.29, 0.717) is 16.8 Å². The number of halogens is 1. The number of benzene rings is 2. The van der Waals surface area contributed by atoms with Crippen LogP contribution >= 0.6 is 0 Å². The fraction of sp³-hybridized carbons (Fsp3) is 0.167. The Morgan fingerprint density at radius 2 is 1.80 bits per heavy atom. The van der Waals surface area contributed by atoms with E-state index < -0.39 is 11.9 Å². The van der Waals surface area contributed by atoms with Gasteiger partial charge >= 0.3 is 6.09 Å². The molecule has 2 aromatic rings. The number of rotatable bonds is 6. The topological polar surface area (TPSA) is 77.0 Å². The van der Waals surface area contributed by atoms with Crippen molar-refractivity contribution in [2.75, 3.05) is 12.4 Å². The highest BCUT2D eigenvalue weighted by atomic mass is 19.1. The molecule has 0 radical (unpaired) electrons. The summed E-state index contributed by atoms with van der Waals surface area (Å²) in [7, 11) is 1.27. The number of ether oxygens (including phenoxy) is 1. The van der Waals surface area contributed by atoms with Crippen LogP contribution in [0.5, 0.6) is 0 Å². The predicted octanol–water partition coefficient (Wildman–Crippen LogP) is 3.78. The number of methoxy groups -OCH3 is 1. The zero-order valence-corrected chi connectivity index (χ0v) is 13.8. The van der Waals surface area contributed by atoms with Crippen molar-refractivity contribution >= 4 is 23.3 Å². The van der Waals surface area contributed by atoms with E-state index in [1.165, 1.54) is 38.3 Å². The van der Waals surface area contributed by atoms with Gasteiger partial charge in [0.2, 0.25) is 5.78 Å². The molecule has 0 aromatic heterocycles. The molecular weight excluding hydrogens is 327 g/mol. The summed E-state index contributed by atoms with van der Waals surface area (Å²) in [6.07, 6.45) is -0.599. The average Bonchev–Trinajstić information content (AvgIpc) is 2.63. The van der Waals surface area contributed by atoms with Gasteiger partial charge in [0.15, 0.2) is 0 Å². The van der Waals surface area contributed by atoms with Crippen LogP contribution in [0.1, 0.15) is 22.8 Å². The van der Waals surface area contributed by atoms with E-state index in [9.17, 15) is 14.0 Å². The monoisotopic (exact) mass is 344 g/mol. The summed E-state index contributed by atoms with van der Waals surface area (Å²) in [5, 5.41) is 6.35. The van der Waals surface area contributed by atoms with Gasteiger partial charge in [0.05, 0.1) is 12.8 Å². The highest BCUT2D eigenvalue weighted by Crippen LogP contribution is 2.16. The molecular formula is C18H17FN2O4. The van der Waals surface area contributed by atoms with Crippen LogP contribution in [0.2, 0.25) is 0 Å². The molecule has 0 bridgehead atoms. The van der Waals surface area contributed by atoms with Gasteiger partial charge in [0, 0.05) is 11.1 Å². The Kier molecular flexibility index (Phi) is 6.22. The van der Waals surface area contributed by atoms with Crippen molar-refractivity contribution in [2.45, 2.75) is 13.5 Å². The van der Waals surface area contributed by atoms with Crippen molar-refractivity contribution in [1.29, 1.82) is 0 Å². The van der Waals surface area contributed by atoms with E-state index in [1.807, 2.05) is 0 Å². The van der Waals surface area contributed by atoms with Gasteiger partial charge in [0.25, 0.3) is 0 Å². The van der Waals surface area contributed by atoms with Crippen LogP contribution in [-0.4, -0.2) is 24.7 Å². The number of oxime groups is 1. The molecule has 0 fully saturated rings. The maximum absolute atomic E-state index is 12.9. The molecule has 6 nitrogen and oxygen atoms in total. The second kappa shape index (κ2) is 8.58. The van der Waals surface area contributed by atoms with E-state index >= 15 is 0 Å². The number of Topliss-reactive ketones (excluding diaryl/α,β-unsaturated/α-hetero) is 1. The van der Waals surface area contributed by atoms with Crippen LogP contribution in [0.4, 0.5) is 14.9 Å². The fourth-order valence-corrected chi connectivity index (χ4v) is 1.98. The maximum atomic E-state index is 12.9. The lowest BCUT2D eigenvalue weighted by Crippen LogP contribution is -2.13. The van der Waals surface area contributed by atoms with Crippen molar-refractivity contribution in [3.8, 4) is 0 Å². The minimum absolute atomic E-state index is 0.0498. The Morgan fingerprint density at radius 3 is 2.48 bits per heavy atom. The van der Waals surface area contributed by atoms with Crippen LogP contribution in [0.25, 0.3) is 0 Å².